The van der Waals surface area contributed by atoms with E-state index in [-0.39, 0.29) is 30.2 Å². The summed E-state index contributed by atoms with van der Waals surface area (Å²) < 4.78 is 16.8. The van der Waals surface area contributed by atoms with Gasteiger partial charge in [0.15, 0.2) is 11.5 Å². The van der Waals surface area contributed by atoms with Crippen molar-refractivity contribution in [3.63, 3.8) is 0 Å². The summed E-state index contributed by atoms with van der Waals surface area (Å²) in [7, 11) is 0. The van der Waals surface area contributed by atoms with Crippen LogP contribution in [0.25, 0.3) is 0 Å². The summed E-state index contributed by atoms with van der Waals surface area (Å²) >= 11 is 6.11. The van der Waals surface area contributed by atoms with E-state index in [1.165, 1.54) is 0 Å². The maximum Gasteiger partial charge on any atom is 0.407 e. The van der Waals surface area contributed by atoms with Gasteiger partial charge in [-0.3, -0.25) is 9.69 Å². The minimum Gasteiger partial charge on any atom is -0.490 e. The van der Waals surface area contributed by atoms with Crippen LogP contribution in [0.1, 0.15) is 62.5 Å². The fourth-order valence-corrected chi connectivity index (χ4v) is 5.30. The van der Waals surface area contributed by atoms with Crippen molar-refractivity contribution in [3.8, 4) is 11.8 Å². The lowest BCUT2D eigenvalue weighted by Crippen LogP contribution is -2.47. The molecule has 1 aromatic heterocycles. The quantitative estimate of drug-likeness (QED) is 0.353. The number of hydrogen-bond acceptors (Lipinski definition) is 10. The maximum absolute atomic E-state index is 12.8. The van der Waals surface area contributed by atoms with Crippen LogP contribution < -0.4 is 20.3 Å². The SMILES string of the molecule is CC(C)(C)NC(=O)OCCOCCN1CCN(c2ccc(C(=O)NC3CCC(Oc4ccc(C#N)c(Cl)c4)CC3)nn2)CC1. The summed E-state index contributed by atoms with van der Waals surface area (Å²) in [6, 6.07) is 10.8. The van der Waals surface area contributed by atoms with Crippen molar-refractivity contribution < 1.29 is 23.8 Å². The van der Waals surface area contributed by atoms with Gasteiger partial charge in [-0.15, -0.1) is 10.2 Å². The van der Waals surface area contributed by atoms with Gasteiger partial charge in [0.05, 0.1) is 29.9 Å². The number of ether oxygens (including phenoxy) is 3. The number of nitrogens with one attached hydrogen (secondary N) is 2. The van der Waals surface area contributed by atoms with Crippen molar-refractivity contribution in [3.05, 3.63) is 46.6 Å². The van der Waals surface area contributed by atoms with E-state index in [1.54, 1.807) is 24.3 Å². The average molecular weight is 628 g/mol. The van der Waals surface area contributed by atoms with Gasteiger partial charge in [-0.05, 0) is 70.7 Å². The standard InChI is InChI=1S/C31H42ClN7O5/c1-31(2,3)35-30(41)43-19-18-42-17-16-38-12-14-39(15-13-38)28-11-10-27(36-37-28)29(40)34-23-5-8-24(9-6-23)44-25-7-4-22(21-33)26(32)20-25/h4,7,10-11,20,23-24H,5-6,8-9,12-19H2,1-3H3,(H,34,40)(H,35,41). The molecule has 1 saturated carbocycles. The van der Waals surface area contributed by atoms with Crippen LogP contribution >= 0.6 is 11.6 Å². The van der Waals surface area contributed by atoms with Gasteiger partial charge in [-0.25, -0.2) is 4.79 Å². The highest BCUT2D eigenvalue weighted by atomic mass is 35.5. The summed E-state index contributed by atoms with van der Waals surface area (Å²) in [6.45, 7) is 11.0. The third kappa shape index (κ3) is 10.5. The molecule has 0 spiro atoms. The summed E-state index contributed by atoms with van der Waals surface area (Å²) in [5.41, 5.74) is 0.395. The van der Waals surface area contributed by atoms with Crippen LogP contribution in [0.2, 0.25) is 5.02 Å². The molecular formula is C31H42ClN7O5. The highest BCUT2D eigenvalue weighted by Crippen LogP contribution is 2.27. The van der Waals surface area contributed by atoms with Crippen molar-refractivity contribution in [1.82, 2.24) is 25.7 Å². The monoisotopic (exact) mass is 627 g/mol. The molecule has 2 heterocycles. The number of carbonyl (C=O) groups excluding carboxylic acids is 2. The molecule has 0 unspecified atom stereocenters. The van der Waals surface area contributed by atoms with Crippen LogP contribution in [0.3, 0.4) is 0 Å². The molecule has 4 rings (SSSR count). The lowest BCUT2D eigenvalue weighted by molar-refractivity contribution is 0.0575. The Kier molecular flexibility index (Phi) is 12.0. The first-order valence-electron chi connectivity index (χ1n) is 15.1. The predicted molar refractivity (Wildman–Crippen MR) is 166 cm³/mol. The molecule has 13 heteroatoms. The zero-order valence-electron chi connectivity index (χ0n) is 25.7. The first-order valence-corrected chi connectivity index (χ1v) is 15.5. The number of nitriles is 1. The van der Waals surface area contributed by atoms with Gasteiger partial charge in [0.25, 0.3) is 5.91 Å². The molecule has 2 aliphatic rings. The van der Waals surface area contributed by atoms with Crippen LogP contribution in [0, 0.1) is 11.3 Å². The normalized spacial score (nSPS) is 19.1. The molecule has 44 heavy (non-hydrogen) atoms. The lowest BCUT2D eigenvalue weighted by Gasteiger charge is -2.35. The van der Waals surface area contributed by atoms with E-state index >= 15 is 0 Å². The number of hydrogen-bond donors (Lipinski definition) is 2. The first-order chi connectivity index (χ1) is 21.1. The molecule has 2 fully saturated rings. The zero-order valence-corrected chi connectivity index (χ0v) is 26.4. The van der Waals surface area contributed by atoms with Gasteiger partial charge in [0.2, 0.25) is 0 Å². The number of amides is 2. The number of benzene rings is 1. The molecule has 0 radical (unpaired) electrons. The average Bonchev–Trinajstić information content (AvgIpc) is 2.99. The number of aromatic nitrogens is 2. The second-order valence-electron chi connectivity index (χ2n) is 12.0. The van der Waals surface area contributed by atoms with Crippen molar-refractivity contribution in [2.24, 2.45) is 0 Å². The molecule has 238 valence electrons. The summed E-state index contributed by atoms with van der Waals surface area (Å²) in [6.07, 6.45) is 2.79. The van der Waals surface area contributed by atoms with E-state index in [1.807, 2.05) is 32.9 Å². The Labute approximate surface area is 264 Å². The van der Waals surface area contributed by atoms with Gasteiger partial charge in [-0.2, -0.15) is 5.26 Å². The van der Waals surface area contributed by atoms with Gasteiger partial charge in [0, 0.05) is 50.4 Å². The Hall–Kier alpha value is -3.66. The topological polar surface area (TPSA) is 142 Å². The number of carbonyl (C=O) groups is 2. The number of piperazine rings is 1. The minimum atomic E-state index is -0.438. The smallest absolute Gasteiger partial charge is 0.407 e. The Morgan fingerprint density at radius 2 is 1.77 bits per heavy atom. The van der Waals surface area contributed by atoms with Gasteiger partial charge < -0.3 is 29.7 Å². The zero-order chi connectivity index (χ0) is 31.5. The van der Waals surface area contributed by atoms with Crippen LogP contribution in [-0.2, 0) is 9.47 Å². The maximum atomic E-state index is 12.8. The lowest BCUT2D eigenvalue weighted by atomic mass is 9.93. The Balaban J connectivity index is 1.10. The second-order valence-corrected chi connectivity index (χ2v) is 12.5. The largest absolute Gasteiger partial charge is 0.490 e. The number of alkyl carbamates (subject to hydrolysis) is 1. The third-order valence-electron chi connectivity index (χ3n) is 7.44. The molecule has 1 aliphatic heterocycles. The molecule has 1 aromatic carbocycles. The number of anilines is 1. The van der Waals surface area contributed by atoms with E-state index in [0.29, 0.717) is 35.2 Å². The van der Waals surface area contributed by atoms with E-state index in [9.17, 15) is 9.59 Å². The van der Waals surface area contributed by atoms with Crippen LogP contribution in [-0.4, -0.2) is 97.3 Å². The Morgan fingerprint density at radius 1 is 1.02 bits per heavy atom. The molecule has 0 atom stereocenters. The summed E-state index contributed by atoms with van der Waals surface area (Å²) in [4.78, 5) is 29.0. The van der Waals surface area contributed by atoms with Crippen LogP contribution in [0.4, 0.5) is 10.6 Å². The minimum absolute atomic E-state index is 0.0341. The molecule has 1 saturated heterocycles. The second kappa shape index (κ2) is 15.9. The van der Waals surface area contributed by atoms with E-state index in [2.05, 4.69) is 30.6 Å². The number of nitrogens with zero attached hydrogens (tertiary/aromatic N) is 5. The van der Waals surface area contributed by atoms with E-state index in [4.69, 9.17) is 31.1 Å². The van der Waals surface area contributed by atoms with Crippen LogP contribution in [0.5, 0.6) is 5.75 Å². The van der Waals surface area contributed by atoms with E-state index in [0.717, 1.165) is 64.2 Å². The molecular weight excluding hydrogens is 586 g/mol. The van der Waals surface area contributed by atoms with Crippen molar-refractivity contribution >= 4 is 29.4 Å². The summed E-state index contributed by atoms with van der Waals surface area (Å²) in [5, 5.41) is 23.8. The molecule has 2 aromatic rings. The highest BCUT2D eigenvalue weighted by molar-refractivity contribution is 6.31. The van der Waals surface area contributed by atoms with Crippen LogP contribution in [0.15, 0.2) is 30.3 Å². The predicted octanol–water partition coefficient (Wildman–Crippen LogP) is 3.78. The van der Waals surface area contributed by atoms with Crippen molar-refractivity contribution in [2.75, 3.05) is 57.4 Å². The van der Waals surface area contributed by atoms with E-state index < -0.39 is 6.09 Å². The van der Waals surface area contributed by atoms with Gasteiger partial charge >= 0.3 is 6.09 Å². The Morgan fingerprint density at radius 3 is 2.41 bits per heavy atom. The molecule has 1 aliphatic carbocycles. The third-order valence-corrected chi connectivity index (χ3v) is 7.76. The van der Waals surface area contributed by atoms with Crippen molar-refractivity contribution in [2.45, 2.75) is 64.1 Å². The first kappa shape index (κ1) is 33.2. The van der Waals surface area contributed by atoms with Gasteiger partial charge in [-0.1, -0.05) is 11.6 Å². The van der Waals surface area contributed by atoms with Gasteiger partial charge in [0.1, 0.15) is 18.4 Å². The fourth-order valence-electron chi connectivity index (χ4n) is 5.08. The number of rotatable bonds is 11. The highest BCUT2D eigenvalue weighted by Gasteiger charge is 2.25. The number of halogens is 1. The molecule has 0 bridgehead atoms. The molecule has 2 amide bonds. The summed E-state index contributed by atoms with van der Waals surface area (Å²) in [5.74, 6) is 1.18. The molecule has 2 N–H and O–H groups in total. The Bertz CT molecular complexity index is 1280. The fraction of sp³-hybridized carbons (Fsp3) is 0.581. The molecule has 12 nitrogen and oxygen atoms in total. The van der Waals surface area contributed by atoms with Crippen molar-refractivity contribution in [1.29, 1.82) is 5.26 Å².